The highest BCUT2D eigenvalue weighted by molar-refractivity contribution is 4.91. The molecule has 0 spiro atoms. The van der Waals surface area contributed by atoms with Gasteiger partial charge in [0.15, 0.2) is 0 Å². The lowest BCUT2D eigenvalue weighted by molar-refractivity contribution is 0.0403. The summed E-state index contributed by atoms with van der Waals surface area (Å²) in [5.74, 6) is 0.686. The van der Waals surface area contributed by atoms with Gasteiger partial charge in [0, 0.05) is 25.3 Å². The molecule has 0 aromatic rings. The van der Waals surface area contributed by atoms with Crippen molar-refractivity contribution in [1.29, 1.82) is 0 Å². The van der Waals surface area contributed by atoms with Crippen molar-refractivity contribution in [2.75, 3.05) is 26.3 Å². The van der Waals surface area contributed by atoms with Gasteiger partial charge in [-0.15, -0.1) is 0 Å². The summed E-state index contributed by atoms with van der Waals surface area (Å²) in [4.78, 5) is 0. The minimum atomic E-state index is 0.155. The predicted molar refractivity (Wildman–Crippen MR) is 54.7 cm³/mol. The highest BCUT2D eigenvalue weighted by Gasteiger charge is 2.30. The van der Waals surface area contributed by atoms with E-state index in [9.17, 15) is 0 Å². The van der Waals surface area contributed by atoms with Crippen LogP contribution in [-0.4, -0.2) is 31.8 Å². The van der Waals surface area contributed by atoms with E-state index < -0.39 is 0 Å². The first-order valence-corrected chi connectivity index (χ1v) is 5.21. The van der Waals surface area contributed by atoms with Gasteiger partial charge in [0.2, 0.25) is 0 Å². The fraction of sp³-hybridized carbons (Fsp3) is 1.00. The van der Waals surface area contributed by atoms with Gasteiger partial charge in [-0.25, -0.2) is 0 Å². The highest BCUT2D eigenvalue weighted by atomic mass is 16.5. The molecule has 0 saturated carbocycles. The molecule has 0 atom stereocenters. The lowest BCUT2D eigenvalue weighted by Crippen LogP contribution is -2.55. The molecule has 1 aliphatic rings. The van der Waals surface area contributed by atoms with Gasteiger partial charge in [0.25, 0.3) is 0 Å². The van der Waals surface area contributed by atoms with Gasteiger partial charge in [0.05, 0.1) is 0 Å². The molecule has 1 rings (SSSR count). The second-order valence-corrected chi connectivity index (χ2v) is 4.37. The lowest BCUT2D eigenvalue weighted by atomic mass is 9.89. The maximum absolute atomic E-state index is 5.81. The van der Waals surface area contributed by atoms with Crippen LogP contribution in [0.25, 0.3) is 0 Å². The summed E-state index contributed by atoms with van der Waals surface area (Å²) in [5, 5.41) is 3.58. The van der Waals surface area contributed by atoms with Gasteiger partial charge < -0.3 is 15.8 Å². The number of nitrogens with one attached hydrogen (secondary N) is 1. The van der Waals surface area contributed by atoms with Crippen LogP contribution in [0.5, 0.6) is 0 Å². The number of hydrogen-bond donors (Lipinski definition) is 2. The van der Waals surface area contributed by atoms with Gasteiger partial charge in [-0.05, 0) is 25.3 Å². The van der Waals surface area contributed by atoms with E-state index in [2.05, 4.69) is 19.2 Å². The highest BCUT2D eigenvalue weighted by Crippen LogP contribution is 2.19. The van der Waals surface area contributed by atoms with E-state index in [1.807, 2.05) is 0 Å². The Kier molecular flexibility index (Phi) is 4.16. The van der Waals surface area contributed by atoms with Gasteiger partial charge in [-0.3, -0.25) is 0 Å². The molecule has 3 heteroatoms. The Morgan fingerprint density at radius 3 is 2.46 bits per heavy atom. The minimum absolute atomic E-state index is 0.155. The van der Waals surface area contributed by atoms with E-state index in [4.69, 9.17) is 10.5 Å². The van der Waals surface area contributed by atoms with E-state index in [1.54, 1.807) is 0 Å². The second-order valence-electron chi connectivity index (χ2n) is 4.37. The predicted octanol–water partition coefficient (Wildman–Crippen LogP) is 0.740. The van der Waals surface area contributed by atoms with Crippen LogP contribution in [0, 0.1) is 5.92 Å². The minimum Gasteiger partial charge on any atom is -0.381 e. The molecule has 0 bridgehead atoms. The molecule has 1 saturated heterocycles. The van der Waals surface area contributed by atoms with Crippen LogP contribution in [0.3, 0.4) is 0 Å². The normalized spacial score (nSPS) is 22.2. The Balaban J connectivity index is 2.38. The summed E-state index contributed by atoms with van der Waals surface area (Å²) in [5.41, 5.74) is 5.96. The van der Waals surface area contributed by atoms with Crippen LogP contribution >= 0.6 is 0 Å². The third kappa shape index (κ3) is 3.25. The lowest BCUT2D eigenvalue weighted by Gasteiger charge is -2.37. The van der Waals surface area contributed by atoms with E-state index in [-0.39, 0.29) is 5.54 Å². The Hall–Kier alpha value is -0.120. The number of rotatable bonds is 4. The van der Waals surface area contributed by atoms with Crippen molar-refractivity contribution in [3.63, 3.8) is 0 Å². The summed E-state index contributed by atoms with van der Waals surface area (Å²) >= 11 is 0. The van der Waals surface area contributed by atoms with Gasteiger partial charge >= 0.3 is 0 Å². The van der Waals surface area contributed by atoms with Crippen LogP contribution in [0.4, 0.5) is 0 Å². The van der Waals surface area contributed by atoms with Crippen molar-refractivity contribution >= 4 is 0 Å². The Bertz CT molecular complexity index is 142. The van der Waals surface area contributed by atoms with Crippen LogP contribution < -0.4 is 11.1 Å². The molecule has 78 valence electrons. The zero-order valence-electron chi connectivity index (χ0n) is 8.81. The molecule has 1 fully saturated rings. The molecule has 0 aliphatic carbocycles. The molecule has 0 aromatic heterocycles. The van der Waals surface area contributed by atoms with Gasteiger partial charge in [0.1, 0.15) is 0 Å². The van der Waals surface area contributed by atoms with Crippen LogP contribution in [0.2, 0.25) is 0 Å². The summed E-state index contributed by atoms with van der Waals surface area (Å²) in [7, 11) is 0. The fourth-order valence-corrected chi connectivity index (χ4v) is 1.64. The van der Waals surface area contributed by atoms with Crippen LogP contribution in [0.15, 0.2) is 0 Å². The molecule has 3 N–H and O–H groups in total. The average molecular weight is 186 g/mol. The number of ether oxygens (including phenoxy) is 1. The maximum Gasteiger partial charge on any atom is 0.0484 e. The maximum atomic E-state index is 5.81. The molecule has 3 nitrogen and oxygen atoms in total. The second kappa shape index (κ2) is 4.94. The van der Waals surface area contributed by atoms with Crippen molar-refractivity contribution < 1.29 is 4.74 Å². The molecule has 1 heterocycles. The quantitative estimate of drug-likeness (QED) is 0.681. The smallest absolute Gasteiger partial charge is 0.0484 e. The van der Waals surface area contributed by atoms with Crippen molar-refractivity contribution in [3.8, 4) is 0 Å². The standard InChI is InChI=1S/C10H22N2O/c1-9(2)7-12-10(8-11)3-5-13-6-4-10/h9,12H,3-8,11H2,1-2H3. The van der Waals surface area contributed by atoms with Crippen molar-refractivity contribution in [1.82, 2.24) is 5.32 Å². The third-order valence-electron chi connectivity index (χ3n) is 2.73. The van der Waals surface area contributed by atoms with Crippen molar-refractivity contribution in [2.45, 2.75) is 32.2 Å². The first-order chi connectivity index (χ1) is 6.18. The summed E-state index contributed by atoms with van der Waals surface area (Å²) < 4.78 is 5.34. The number of hydrogen-bond acceptors (Lipinski definition) is 3. The summed E-state index contributed by atoms with van der Waals surface area (Å²) in [6, 6.07) is 0. The molecule has 0 radical (unpaired) electrons. The Morgan fingerprint density at radius 2 is 2.00 bits per heavy atom. The molecular weight excluding hydrogens is 164 g/mol. The fourth-order valence-electron chi connectivity index (χ4n) is 1.64. The molecular formula is C10H22N2O. The molecule has 0 amide bonds. The monoisotopic (exact) mass is 186 g/mol. The Morgan fingerprint density at radius 1 is 1.38 bits per heavy atom. The van der Waals surface area contributed by atoms with Gasteiger partial charge in [-0.1, -0.05) is 13.8 Å². The largest absolute Gasteiger partial charge is 0.381 e. The molecule has 0 aromatic carbocycles. The van der Waals surface area contributed by atoms with Crippen molar-refractivity contribution in [2.24, 2.45) is 11.7 Å². The summed E-state index contributed by atoms with van der Waals surface area (Å²) in [6.45, 7) is 7.91. The Labute approximate surface area is 81.0 Å². The topological polar surface area (TPSA) is 47.3 Å². The average Bonchev–Trinajstić information content (AvgIpc) is 2.16. The first kappa shape index (κ1) is 11.0. The zero-order chi connectivity index (χ0) is 9.73. The molecule has 1 aliphatic heterocycles. The van der Waals surface area contributed by atoms with Crippen LogP contribution in [0.1, 0.15) is 26.7 Å². The van der Waals surface area contributed by atoms with Gasteiger partial charge in [-0.2, -0.15) is 0 Å². The summed E-state index contributed by atoms with van der Waals surface area (Å²) in [6.07, 6.45) is 2.10. The number of nitrogens with two attached hydrogens (primary N) is 1. The van der Waals surface area contributed by atoms with Crippen LogP contribution in [-0.2, 0) is 4.74 Å². The van der Waals surface area contributed by atoms with E-state index in [0.29, 0.717) is 5.92 Å². The van der Waals surface area contributed by atoms with Crippen molar-refractivity contribution in [3.05, 3.63) is 0 Å². The van der Waals surface area contributed by atoms with E-state index in [1.165, 1.54) is 0 Å². The zero-order valence-corrected chi connectivity index (χ0v) is 8.81. The SMILES string of the molecule is CC(C)CNC1(CN)CCOCC1. The van der Waals surface area contributed by atoms with E-state index in [0.717, 1.165) is 39.1 Å². The molecule has 13 heavy (non-hydrogen) atoms. The molecule has 0 unspecified atom stereocenters. The first-order valence-electron chi connectivity index (χ1n) is 5.21. The van der Waals surface area contributed by atoms with E-state index >= 15 is 0 Å². The third-order valence-corrected chi connectivity index (χ3v) is 2.73.